The normalized spacial score (nSPS) is 11.5. The topological polar surface area (TPSA) is 26.3 Å². The molecule has 0 spiro atoms. The molecular formula is C14H20O2. The van der Waals surface area contributed by atoms with Crippen LogP contribution in [0.5, 0.6) is 0 Å². The van der Waals surface area contributed by atoms with Gasteiger partial charge in [0.1, 0.15) is 0 Å². The van der Waals surface area contributed by atoms with Crippen LogP contribution in [0.2, 0.25) is 0 Å². The van der Waals surface area contributed by atoms with Crippen LogP contribution in [-0.2, 0) is 4.74 Å². The summed E-state index contributed by atoms with van der Waals surface area (Å²) in [7, 11) is 1.68. The molecule has 1 rings (SSSR count). The van der Waals surface area contributed by atoms with Gasteiger partial charge in [-0.05, 0) is 32.8 Å². The third kappa shape index (κ3) is 3.46. The van der Waals surface area contributed by atoms with Crippen molar-refractivity contribution in [3.05, 3.63) is 35.4 Å². The van der Waals surface area contributed by atoms with Gasteiger partial charge in [0.05, 0.1) is 5.60 Å². The van der Waals surface area contributed by atoms with Gasteiger partial charge in [-0.15, -0.1) is 0 Å². The first-order valence-electron chi connectivity index (χ1n) is 5.60. The lowest BCUT2D eigenvalue weighted by atomic mass is 9.96. The molecule has 0 unspecified atom stereocenters. The van der Waals surface area contributed by atoms with Crippen LogP contribution in [0.3, 0.4) is 0 Å². The standard InChI is InChI=1S/C14H20O2/c1-11-7-5-6-8-12(11)13(15)9-10-14(2,3)16-4/h5-8H,9-10H2,1-4H3. The first-order valence-corrected chi connectivity index (χ1v) is 5.60. The molecule has 0 aromatic heterocycles. The van der Waals surface area contributed by atoms with Crippen molar-refractivity contribution < 1.29 is 9.53 Å². The first kappa shape index (κ1) is 12.9. The van der Waals surface area contributed by atoms with Gasteiger partial charge in [-0.1, -0.05) is 24.3 Å². The minimum Gasteiger partial charge on any atom is -0.379 e. The molecule has 16 heavy (non-hydrogen) atoms. The minimum absolute atomic E-state index is 0.197. The predicted molar refractivity (Wildman–Crippen MR) is 65.8 cm³/mol. The number of ether oxygens (including phenoxy) is 1. The monoisotopic (exact) mass is 220 g/mol. The van der Waals surface area contributed by atoms with Gasteiger partial charge in [0.25, 0.3) is 0 Å². The Morgan fingerprint density at radius 3 is 2.50 bits per heavy atom. The lowest BCUT2D eigenvalue weighted by molar-refractivity contribution is 0.0141. The predicted octanol–water partition coefficient (Wildman–Crippen LogP) is 3.38. The molecule has 0 saturated heterocycles. The van der Waals surface area contributed by atoms with Crippen LogP contribution >= 0.6 is 0 Å². The lowest BCUT2D eigenvalue weighted by Gasteiger charge is -2.22. The van der Waals surface area contributed by atoms with E-state index in [1.165, 1.54) is 0 Å². The zero-order chi connectivity index (χ0) is 12.2. The highest BCUT2D eigenvalue weighted by molar-refractivity contribution is 5.97. The number of hydrogen-bond donors (Lipinski definition) is 0. The Labute approximate surface area is 97.6 Å². The second kappa shape index (κ2) is 5.26. The number of Topliss-reactive ketones (excluding diaryl/α,β-unsaturated/α-hetero) is 1. The maximum atomic E-state index is 12.0. The van der Waals surface area contributed by atoms with Gasteiger partial charge in [0.15, 0.2) is 5.78 Å². The molecule has 0 bridgehead atoms. The number of aryl methyl sites for hydroxylation is 1. The fourth-order valence-corrected chi connectivity index (χ4v) is 1.54. The molecular weight excluding hydrogens is 200 g/mol. The van der Waals surface area contributed by atoms with Crippen molar-refractivity contribution >= 4 is 5.78 Å². The van der Waals surface area contributed by atoms with Crippen molar-refractivity contribution in [2.75, 3.05) is 7.11 Å². The number of ketones is 1. The van der Waals surface area contributed by atoms with Crippen molar-refractivity contribution in [1.82, 2.24) is 0 Å². The number of methoxy groups -OCH3 is 1. The lowest BCUT2D eigenvalue weighted by Crippen LogP contribution is -2.23. The van der Waals surface area contributed by atoms with Crippen molar-refractivity contribution in [2.45, 2.75) is 39.2 Å². The van der Waals surface area contributed by atoms with E-state index in [2.05, 4.69) is 0 Å². The van der Waals surface area contributed by atoms with Gasteiger partial charge in [0.2, 0.25) is 0 Å². The van der Waals surface area contributed by atoms with Crippen LogP contribution in [0.15, 0.2) is 24.3 Å². The number of hydrogen-bond acceptors (Lipinski definition) is 2. The minimum atomic E-state index is -0.224. The molecule has 0 fully saturated rings. The molecule has 0 saturated carbocycles. The van der Waals surface area contributed by atoms with E-state index in [0.29, 0.717) is 6.42 Å². The summed E-state index contributed by atoms with van der Waals surface area (Å²) in [5.74, 6) is 0.197. The van der Waals surface area contributed by atoms with Crippen molar-refractivity contribution in [3.8, 4) is 0 Å². The van der Waals surface area contributed by atoms with E-state index >= 15 is 0 Å². The molecule has 1 aromatic carbocycles. The van der Waals surface area contributed by atoms with Gasteiger partial charge in [-0.2, -0.15) is 0 Å². The van der Waals surface area contributed by atoms with Gasteiger partial charge in [0, 0.05) is 19.1 Å². The fraction of sp³-hybridized carbons (Fsp3) is 0.500. The van der Waals surface area contributed by atoms with Crippen LogP contribution in [-0.4, -0.2) is 18.5 Å². The average molecular weight is 220 g/mol. The van der Waals surface area contributed by atoms with Gasteiger partial charge in [-0.25, -0.2) is 0 Å². The zero-order valence-corrected chi connectivity index (χ0v) is 10.5. The van der Waals surface area contributed by atoms with Gasteiger partial charge < -0.3 is 4.74 Å². The summed E-state index contributed by atoms with van der Waals surface area (Å²) in [6, 6.07) is 7.71. The van der Waals surface area contributed by atoms with E-state index in [-0.39, 0.29) is 11.4 Å². The molecule has 0 amide bonds. The molecule has 1 aromatic rings. The molecule has 2 nitrogen and oxygen atoms in total. The van der Waals surface area contributed by atoms with Crippen LogP contribution in [0.1, 0.15) is 42.6 Å². The van der Waals surface area contributed by atoms with Gasteiger partial charge in [-0.3, -0.25) is 4.79 Å². The molecule has 0 aliphatic carbocycles. The third-order valence-electron chi connectivity index (χ3n) is 2.95. The summed E-state index contributed by atoms with van der Waals surface area (Å²) in [5, 5.41) is 0. The second-order valence-corrected chi connectivity index (χ2v) is 4.70. The van der Waals surface area contributed by atoms with Crippen molar-refractivity contribution in [3.63, 3.8) is 0 Å². The summed E-state index contributed by atoms with van der Waals surface area (Å²) < 4.78 is 5.30. The molecule has 0 aliphatic heterocycles. The largest absolute Gasteiger partial charge is 0.379 e. The quantitative estimate of drug-likeness (QED) is 0.711. The highest BCUT2D eigenvalue weighted by Crippen LogP contribution is 2.18. The third-order valence-corrected chi connectivity index (χ3v) is 2.95. The summed E-state index contributed by atoms with van der Waals surface area (Å²) in [6.07, 6.45) is 1.28. The summed E-state index contributed by atoms with van der Waals surface area (Å²) >= 11 is 0. The Hall–Kier alpha value is -1.15. The Morgan fingerprint density at radius 2 is 1.94 bits per heavy atom. The van der Waals surface area contributed by atoms with Crippen molar-refractivity contribution in [1.29, 1.82) is 0 Å². The number of carbonyl (C=O) groups is 1. The molecule has 88 valence electrons. The smallest absolute Gasteiger partial charge is 0.163 e. The van der Waals surface area contributed by atoms with E-state index in [1.54, 1.807) is 7.11 Å². The molecule has 0 aliphatic rings. The SMILES string of the molecule is COC(C)(C)CCC(=O)c1ccccc1C. The maximum absolute atomic E-state index is 12.0. The van der Waals surface area contributed by atoms with Crippen LogP contribution in [0.4, 0.5) is 0 Å². The number of rotatable bonds is 5. The van der Waals surface area contributed by atoms with Crippen LogP contribution in [0, 0.1) is 6.92 Å². The summed E-state index contributed by atoms with van der Waals surface area (Å²) in [5.41, 5.74) is 1.65. The number of benzene rings is 1. The molecule has 0 heterocycles. The zero-order valence-electron chi connectivity index (χ0n) is 10.5. The van der Waals surface area contributed by atoms with E-state index in [1.807, 2.05) is 45.0 Å². The first-order chi connectivity index (χ1) is 7.46. The fourth-order valence-electron chi connectivity index (χ4n) is 1.54. The maximum Gasteiger partial charge on any atom is 0.163 e. The molecule has 0 radical (unpaired) electrons. The number of carbonyl (C=O) groups excluding carboxylic acids is 1. The highest BCUT2D eigenvalue weighted by Gasteiger charge is 2.19. The Kier molecular flexibility index (Phi) is 4.25. The Bertz CT molecular complexity index is 367. The highest BCUT2D eigenvalue weighted by atomic mass is 16.5. The van der Waals surface area contributed by atoms with E-state index in [4.69, 9.17) is 4.74 Å². The molecule has 2 heteroatoms. The summed E-state index contributed by atoms with van der Waals surface area (Å²) in [4.78, 5) is 12.0. The van der Waals surface area contributed by atoms with Crippen LogP contribution < -0.4 is 0 Å². The summed E-state index contributed by atoms with van der Waals surface area (Å²) in [6.45, 7) is 5.96. The Balaban J connectivity index is 2.64. The average Bonchev–Trinajstić information content (AvgIpc) is 2.27. The van der Waals surface area contributed by atoms with Gasteiger partial charge >= 0.3 is 0 Å². The Morgan fingerprint density at radius 1 is 1.31 bits per heavy atom. The van der Waals surface area contributed by atoms with E-state index in [0.717, 1.165) is 17.5 Å². The van der Waals surface area contributed by atoms with Crippen LogP contribution in [0.25, 0.3) is 0 Å². The van der Waals surface area contributed by atoms with E-state index < -0.39 is 0 Å². The molecule has 0 N–H and O–H groups in total. The molecule has 0 atom stereocenters. The second-order valence-electron chi connectivity index (χ2n) is 4.70. The van der Waals surface area contributed by atoms with Crippen molar-refractivity contribution in [2.24, 2.45) is 0 Å². The van der Waals surface area contributed by atoms with E-state index in [9.17, 15) is 4.79 Å².